The van der Waals surface area contributed by atoms with E-state index in [0.29, 0.717) is 25.2 Å². The summed E-state index contributed by atoms with van der Waals surface area (Å²) in [6.07, 6.45) is 4.59. The van der Waals surface area contributed by atoms with Crippen LogP contribution in [-0.2, 0) is 4.79 Å². The molecule has 4 nitrogen and oxygen atoms in total. The molecule has 1 fully saturated rings. The fourth-order valence-electron chi connectivity index (χ4n) is 4.14. The number of benzene rings is 2. The predicted octanol–water partition coefficient (Wildman–Crippen LogP) is 6.49. The van der Waals surface area contributed by atoms with Crippen LogP contribution in [-0.4, -0.2) is 31.8 Å². The van der Waals surface area contributed by atoms with Gasteiger partial charge >= 0.3 is 0 Å². The smallest absolute Gasteiger partial charge is 0.235 e. The van der Waals surface area contributed by atoms with Crippen LogP contribution >= 0.6 is 11.6 Å². The number of halogens is 2. The molecule has 0 bridgehead atoms. The predicted molar refractivity (Wildman–Crippen MR) is 130 cm³/mol. The van der Waals surface area contributed by atoms with E-state index in [1.165, 1.54) is 24.3 Å². The van der Waals surface area contributed by atoms with Gasteiger partial charge in [-0.3, -0.25) is 9.79 Å². The van der Waals surface area contributed by atoms with Crippen molar-refractivity contribution in [3.05, 3.63) is 64.4 Å². The molecule has 2 aromatic rings. The Morgan fingerprint density at radius 1 is 1.31 bits per heavy atom. The largest absolute Gasteiger partial charge is 0.494 e. The van der Waals surface area contributed by atoms with E-state index in [9.17, 15) is 9.18 Å². The Hall–Kier alpha value is -2.66. The van der Waals surface area contributed by atoms with Crippen molar-refractivity contribution < 1.29 is 13.9 Å². The van der Waals surface area contributed by atoms with Crippen molar-refractivity contribution in [2.75, 3.05) is 25.1 Å². The van der Waals surface area contributed by atoms with Gasteiger partial charge in [-0.05, 0) is 74.1 Å². The molecule has 0 N–H and O–H groups in total. The third kappa shape index (κ3) is 5.39. The lowest BCUT2D eigenvalue weighted by atomic mass is 9.97. The average Bonchev–Trinajstić information content (AvgIpc) is 3.16. The van der Waals surface area contributed by atoms with Crippen molar-refractivity contribution in [1.29, 1.82) is 0 Å². The lowest BCUT2D eigenvalue weighted by molar-refractivity contribution is -0.118. The number of carbonyl (C=O) groups is 1. The summed E-state index contributed by atoms with van der Waals surface area (Å²) in [5.41, 5.74) is 4.93. The van der Waals surface area contributed by atoms with Gasteiger partial charge in [0.2, 0.25) is 5.91 Å². The minimum atomic E-state index is -0.474. The molecule has 1 heterocycles. The summed E-state index contributed by atoms with van der Waals surface area (Å²) in [4.78, 5) is 19.3. The van der Waals surface area contributed by atoms with Gasteiger partial charge in [-0.15, -0.1) is 0 Å². The second-order valence-electron chi connectivity index (χ2n) is 8.02. The van der Waals surface area contributed by atoms with Gasteiger partial charge in [0, 0.05) is 35.6 Å². The van der Waals surface area contributed by atoms with Crippen molar-refractivity contribution in [2.24, 2.45) is 10.9 Å². The first kappa shape index (κ1) is 24.0. The fraction of sp³-hybridized carbons (Fsp3) is 0.385. The quantitative estimate of drug-likeness (QED) is 0.426. The Labute approximate surface area is 194 Å². The molecule has 2 aromatic carbocycles. The molecule has 0 aliphatic carbocycles. The minimum absolute atomic E-state index is 0.0363. The van der Waals surface area contributed by atoms with Crippen molar-refractivity contribution in [2.45, 2.75) is 40.0 Å². The number of ether oxygens (including phenoxy) is 1. The summed E-state index contributed by atoms with van der Waals surface area (Å²) in [6.45, 7) is 7.25. The molecule has 0 saturated carbocycles. The summed E-state index contributed by atoms with van der Waals surface area (Å²) in [5.74, 6) is -0.615. The zero-order chi connectivity index (χ0) is 23.3. The van der Waals surface area contributed by atoms with Gasteiger partial charge in [0.1, 0.15) is 0 Å². The highest BCUT2D eigenvalue weighted by molar-refractivity contribution is 6.30. The molecule has 0 spiro atoms. The molecule has 170 valence electrons. The number of aryl methyl sites for hydroxylation is 1. The Balaban J connectivity index is 1.68. The van der Waals surface area contributed by atoms with E-state index < -0.39 is 5.82 Å². The van der Waals surface area contributed by atoms with Crippen LogP contribution in [0.3, 0.4) is 0 Å². The number of carbonyl (C=O) groups excluding carboxylic acids is 1. The molecule has 1 amide bonds. The summed E-state index contributed by atoms with van der Waals surface area (Å²) >= 11 is 6.21. The number of hydrogen-bond acceptors (Lipinski definition) is 3. The summed E-state index contributed by atoms with van der Waals surface area (Å²) in [6, 6.07) is 10.5. The van der Waals surface area contributed by atoms with E-state index in [2.05, 4.69) is 19.9 Å². The maximum atomic E-state index is 14.1. The van der Waals surface area contributed by atoms with Gasteiger partial charge in [0.05, 0.1) is 13.0 Å². The van der Waals surface area contributed by atoms with E-state index in [1.54, 1.807) is 17.0 Å². The lowest BCUT2D eigenvalue weighted by Crippen LogP contribution is -2.29. The molecular weight excluding hydrogens is 427 g/mol. The number of nitrogens with zero attached hydrogens (tertiary/aromatic N) is 2. The van der Waals surface area contributed by atoms with Crippen LogP contribution < -0.4 is 9.64 Å². The van der Waals surface area contributed by atoms with E-state index in [4.69, 9.17) is 21.3 Å². The van der Waals surface area contributed by atoms with Crippen molar-refractivity contribution >= 4 is 34.5 Å². The number of amides is 1. The number of hydrogen-bond donors (Lipinski definition) is 0. The van der Waals surface area contributed by atoms with Gasteiger partial charge in [0.15, 0.2) is 11.6 Å². The summed E-state index contributed by atoms with van der Waals surface area (Å²) < 4.78 is 19.1. The summed E-state index contributed by atoms with van der Waals surface area (Å²) in [5, 5.41) is 0.721. The first-order chi connectivity index (χ1) is 15.3. The van der Waals surface area contributed by atoms with Gasteiger partial charge in [0.25, 0.3) is 0 Å². The monoisotopic (exact) mass is 456 g/mol. The first-order valence-corrected chi connectivity index (χ1v) is 11.3. The highest BCUT2D eigenvalue weighted by Crippen LogP contribution is 2.30. The van der Waals surface area contributed by atoms with E-state index >= 15 is 0 Å². The van der Waals surface area contributed by atoms with Crippen molar-refractivity contribution in [3.63, 3.8) is 0 Å². The summed E-state index contributed by atoms with van der Waals surface area (Å²) in [7, 11) is 1.42. The standard InChI is InChI=1S/C26H30ClFN2O2/c1-5-6-19(23-15-20(27)8-7-17(23)2)11-13-29-18(3)22-12-14-30(26(22)31)21-9-10-25(32-4)24(28)16-21/h6-10,15-16,22H,5,11-14H2,1-4H3. The molecule has 0 aromatic heterocycles. The third-order valence-corrected chi connectivity index (χ3v) is 6.13. The van der Waals surface area contributed by atoms with E-state index in [0.717, 1.165) is 29.1 Å². The maximum absolute atomic E-state index is 14.1. The van der Waals surface area contributed by atoms with Crippen LogP contribution in [0.15, 0.2) is 47.5 Å². The third-order valence-electron chi connectivity index (χ3n) is 5.90. The minimum Gasteiger partial charge on any atom is -0.494 e. The molecule has 1 unspecified atom stereocenters. The van der Waals surface area contributed by atoms with Gasteiger partial charge in [-0.2, -0.15) is 0 Å². The van der Waals surface area contributed by atoms with Crippen molar-refractivity contribution in [3.8, 4) is 5.75 Å². The molecule has 1 atom stereocenters. The Kier molecular flexibility index (Phi) is 8.08. The van der Waals surface area contributed by atoms with Crippen LogP contribution in [0.4, 0.5) is 10.1 Å². The second-order valence-corrected chi connectivity index (χ2v) is 8.46. The topological polar surface area (TPSA) is 41.9 Å². The number of aliphatic imine (C=N–C) groups is 1. The molecule has 1 aliphatic rings. The normalized spacial score (nSPS) is 17.2. The number of methoxy groups -OCH3 is 1. The Bertz CT molecular complexity index is 1050. The lowest BCUT2D eigenvalue weighted by Gasteiger charge is -2.17. The highest BCUT2D eigenvalue weighted by atomic mass is 35.5. The number of allylic oxidation sites excluding steroid dienone is 1. The van der Waals surface area contributed by atoms with Crippen LogP contribution in [0.2, 0.25) is 5.02 Å². The van der Waals surface area contributed by atoms with Crippen LogP contribution in [0.25, 0.3) is 5.57 Å². The SMILES string of the molecule is CCC=C(CCN=C(C)C1CCN(c2ccc(OC)c(F)c2)C1=O)c1cc(Cl)ccc1C. The average molecular weight is 457 g/mol. The molecule has 3 rings (SSSR count). The van der Waals surface area contributed by atoms with E-state index in [-0.39, 0.29) is 17.6 Å². The molecule has 0 radical (unpaired) electrons. The van der Waals surface area contributed by atoms with Crippen LogP contribution in [0.1, 0.15) is 44.2 Å². The van der Waals surface area contributed by atoms with Gasteiger partial charge in [-0.25, -0.2) is 4.39 Å². The first-order valence-electron chi connectivity index (χ1n) is 11.0. The van der Waals surface area contributed by atoms with Gasteiger partial charge < -0.3 is 9.64 Å². The molecule has 6 heteroatoms. The van der Waals surface area contributed by atoms with Crippen LogP contribution in [0.5, 0.6) is 5.75 Å². The Morgan fingerprint density at radius 2 is 2.09 bits per heavy atom. The molecule has 1 saturated heterocycles. The highest BCUT2D eigenvalue weighted by Gasteiger charge is 2.34. The van der Waals surface area contributed by atoms with Gasteiger partial charge in [-0.1, -0.05) is 30.7 Å². The van der Waals surface area contributed by atoms with Crippen LogP contribution in [0, 0.1) is 18.7 Å². The van der Waals surface area contributed by atoms with Crippen molar-refractivity contribution in [1.82, 2.24) is 0 Å². The molecule has 32 heavy (non-hydrogen) atoms. The molecular formula is C26H30ClFN2O2. The zero-order valence-electron chi connectivity index (χ0n) is 19.1. The Morgan fingerprint density at radius 3 is 2.78 bits per heavy atom. The van der Waals surface area contributed by atoms with E-state index in [1.807, 2.05) is 25.1 Å². The second kappa shape index (κ2) is 10.8. The molecule has 1 aliphatic heterocycles. The maximum Gasteiger partial charge on any atom is 0.235 e. The fourth-order valence-corrected chi connectivity index (χ4v) is 4.32. The zero-order valence-corrected chi connectivity index (χ0v) is 19.9. The number of anilines is 1. The number of rotatable bonds is 8.